The molecule has 2 nitrogen and oxygen atoms in total. The smallest absolute Gasteiger partial charge is 0.195 e. The largest absolute Gasteiger partial charge is 0.444 e. The van der Waals surface area contributed by atoms with Crippen LogP contribution in [-0.2, 0) is 0 Å². The zero-order valence-electron chi connectivity index (χ0n) is 9.53. The Bertz CT molecular complexity index is 304. The van der Waals surface area contributed by atoms with E-state index in [0.717, 1.165) is 30.5 Å². The van der Waals surface area contributed by atoms with Crippen LogP contribution in [0.15, 0.2) is 16.5 Å². The Morgan fingerprint density at radius 3 is 2.80 bits per heavy atom. The number of thioether (sulfide) groups is 1. The highest BCUT2D eigenvalue weighted by atomic mass is 32.2. The fourth-order valence-electron chi connectivity index (χ4n) is 2.00. The summed E-state index contributed by atoms with van der Waals surface area (Å²) in [4.78, 5) is 2.34. The second-order valence-electron chi connectivity index (χ2n) is 3.97. The van der Waals surface area contributed by atoms with Gasteiger partial charge in [0.05, 0.1) is 5.25 Å². The Labute approximate surface area is 96.0 Å². The molecule has 2 heterocycles. The van der Waals surface area contributed by atoms with E-state index in [1.165, 1.54) is 12.8 Å². The molecule has 1 aromatic heterocycles. The van der Waals surface area contributed by atoms with E-state index in [1.807, 2.05) is 11.8 Å². The molecule has 84 valence electrons. The van der Waals surface area contributed by atoms with Crippen LogP contribution in [0, 0.1) is 0 Å². The van der Waals surface area contributed by atoms with E-state index in [1.54, 1.807) is 0 Å². The first kappa shape index (κ1) is 10.9. The highest BCUT2D eigenvalue weighted by Crippen LogP contribution is 2.32. The minimum absolute atomic E-state index is 0.478. The summed E-state index contributed by atoms with van der Waals surface area (Å²) < 4.78 is 5.89. The zero-order valence-corrected chi connectivity index (χ0v) is 10.3. The summed E-state index contributed by atoms with van der Waals surface area (Å²) in [5.74, 6) is 3.32. The van der Waals surface area contributed by atoms with Gasteiger partial charge in [-0.05, 0) is 31.6 Å². The van der Waals surface area contributed by atoms with Gasteiger partial charge in [0.1, 0.15) is 5.76 Å². The zero-order chi connectivity index (χ0) is 10.7. The summed E-state index contributed by atoms with van der Waals surface area (Å²) >= 11 is 1.93. The van der Waals surface area contributed by atoms with Crippen LogP contribution < -0.4 is 4.90 Å². The summed E-state index contributed by atoms with van der Waals surface area (Å²) in [5, 5.41) is 0.478. The predicted octanol–water partition coefficient (Wildman–Crippen LogP) is 3.69. The quantitative estimate of drug-likeness (QED) is 0.777. The standard InChI is InChI=1S/C12H19NOS/c1-3-15-10(2)11-6-7-12(14-11)13-8-4-5-9-13/h6-7,10H,3-5,8-9H2,1-2H3. The van der Waals surface area contributed by atoms with E-state index in [9.17, 15) is 0 Å². The molecular weight excluding hydrogens is 206 g/mol. The molecule has 1 aromatic rings. The molecular formula is C12H19NOS. The lowest BCUT2D eigenvalue weighted by Gasteiger charge is -2.13. The molecule has 0 radical (unpaired) electrons. The lowest BCUT2D eigenvalue weighted by molar-refractivity contribution is 0.508. The maximum atomic E-state index is 5.89. The Morgan fingerprint density at radius 1 is 1.40 bits per heavy atom. The lowest BCUT2D eigenvalue weighted by Crippen LogP contribution is -2.16. The van der Waals surface area contributed by atoms with Gasteiger partial charge >= 0.3 is 0 Å². The van der Waals surface area contributed by atoms with Crippen LogP contribution in [0.4, 0.5) is 5.88 Å². The first-order chi connectivity index (χ1) is 7.31. The Balaban J connectivity index is 2.02. The molecule has 0 saturated carbocycles. The monoisotopic (exact) mass is 225 g/mol. The van der Waals surface area contributed by atoms with Gasteiger partial charge in [-0.25, -0.2) is 0 Å². The van der Waals surface area contributed by atoms with Crippen LogP contribution in [0.1, 0.15) is 37.7 Å². The normalized spacial score (nSPS) is 18.4. The summed E-state index contributed by atoms with van der Waals surface area (Å²) in [6, 6.07) is 4.24. The van der Waals surface area contributed by atoms with E-state index >= 15 is 0 Å². The van der Waals surface area contributed by atoms with Crippen molar-refractivity contribution in [2.24, 2.45) is 0 Å². The third-order valence-electron chi connectivity index (χ3n) is 2.85. The molecule has 1 aliphatic heterocycles. The Hall–Kier alpha value is -0.570. The Morgan fingerprint density at radius 2 is 2.13 bits per heavy atom. The highest BCUT2D eigenvalue weighted by Gasteiger charge is 2.17. The molecule has 0 bridgehead atoms. The first-order valence-corrected chi connectivity index (χ1v) is 6.82. The van der Waals surface area contributed by atoms with Crippen LogP contribution in [0.3, 0.4) is 0 Å². The summed E-state index contributed by atoms with van der Waals surface area (Å²) in [7, 11) is 0. The molecule has 1 unspecified atom stereocenters. The van der Waals surface area contributed by atoms with Crippen LogP contribution in [-0.4, -0.2) is 18.8 Å². The molecule has 0 aromatic carbocycles. The van der Waals surface area contributed by atoms with Crippen LogP contribution >= 0.6 is 11.8 Å². The summed E-state index contributed by atoms with van der Waals surface area (Å²) in [6.07, 6.45) is 2.60. The number of furan rings is 1. The SMILES string of the molecule is CCSC(C)c1ccc(N2CCCC2)o1. The molecule has 1 saturated heterocycles. The van der Waals surface area contributed by atoms with Crippen molar-refractivity contribution in [1.82, 2.24) is 0 Å². The fourth-order valence-corrected chi connectivity index (χ4v) is 2.79. The molecule has 1 aliphatic rings. The number of hydrogen-bond acceptors (Lipinski definition) is 3. The van der Waals surface area contributed by atoms with E-state index in [0.29, 0.717) is 5.25 Å². The Kier molecular flexibility index (Phi) is 3.62. The van der Waals surface area contributed by atoms with Crippen molar-refractivity contribution in [3.63, 3.8) is 0 Å². The highest BCUT2D eigenvalue weighted by molar-refractivity contribution is 7.99. The minimum Gasteiger partial charge on any atom is -0.444 e. The molecule has 2 rings (SSSR count). The first-order valence-electron chi connectivity index (χ1n) is 5.77. The van der Waals surface area contributed by atoms with Crippen molar-refractivity contribution in [3.8, 4) is 0 Å². The van der Waals surface area contributed by atoms with Gasteiger partial charge in [-0.2, -0.15) is 11.8 Å². The van der Waals surface area contributed by atoms with E-state index in [-0.39, 0.29) is 0 Å². The number of nitrogens with zero attached hydrogens (tertiary/aromatic N) is 1. The fraction of sp³-hybridized carbons (Fsp3) is 0.667. The molecule has 0 amide bonds. The second-order valence-corrected chi connectivity index (χ2v) is 5.59. The molecule has 1 fully saturated rings. The van der Waals surface area contributed by atoms with Crippen LogP contribution in [0.2, 0.25) is 0 Å². The predicted molar refractivity (Wildman–Crippen MR) is 66.7 cm³/mol. The van der Waals surface area contributed by atoms with Gasteiger partial charge in [0.2, 0.25) is 0 Å². The van der Waals surface area contributed by atoms with E-state index in [4.69, 9.17) is 4.42 Å². The third kappa shape index (κ3) is 2.51. The van der Waals surface area contributed by atoms with Gasteiger partial charge in [-0.1, -0.05) is 6.92 Å². The minimum atomic E-state index is 0.478. The van der Waals surface area contributed by atoms with Gasteiger partial charge in [0.15, 0.2) is 5.88 Å². The second kappa shape index (κ2) is 4.97. The van der Waals surface area contributed by atoms with E-state index in [2.05, 4.69) is 30.9 Å². The summed E-state index contributed by atoms with van der Waals surface area (Å²) in [5.41, 5.74) is 0. The van der Waals surface area contributed by atoms with Crippen LogP contribution in [0.25, 0.3) is 0 Å². The maximum absolute atomic E-state index is 5.89. The van der Waals surface area contributed by atoms with Crippen molar-refractivity contribution in [3.05, 3.63) is 17.9 Å². The van der Waals surface area contributed by atoms with Crippen molar-refractivity contribution in [2.45, 2.75) is 31.9 Å². The van der Waals surface area contributed by atoms with Crippen molar-refractivity contribution >= 4 is 17.6 Å². The van der Waals surface area contributed by atoms with Gasteiger partial charge in [0, 0.05) is 19.2 Å². The van der Waals surface area contributed by atoms with Crippen molar-refractivity contribution in [1.29, 1.82) is 0 Å². The lowest BCUT2D eigenvalue weighted by atomic mass is 10.3. The van der Waals surface area contributed by atoms with Crippen LogP contribution in [0.5, 0.6) is 0 Å². The molecule has 0 spiro atoms. The number of hydrogen-bond donors (Lipinski definition) is 0. The van der Waals surface area contributed by atoms with Crippen molar-refractivity contribution in [2.75, 3.05) is 23.7 Å². The van der Waals surface area contributed by atoms with E-state index < -0.39 is 0 Å². The molecule has 15 heavy (non-hydrogen) atoms. The number of anilines is 1. The van der Waals surface area contributed by atoms with Crippen molar-refractivity contribution < 1.29 is 4.42 Å². The molecule has 3 heteroatoms. The maximum Gasteiger partial charge on any atom is 0.195 e. The summed E-state index contributed by atoms with van der Waals surface area (Å²) in [6.45, 7) is 6.71. The third-order valence-corrected chi connectivity index (χ3v) is 3.91. The van der Waals surface area contributed by atoms with Gasteiger partial charge in [-0.3, -0.25) is 0 Å². The molecule has 0 aliphatic carbocycles. The number of rotatable bonds is 4. The van der Waals surface area contributed by atoms with Gasteiger partial charge in [0.25, 0.3) is 0 Å². The molecule has 0 N–H and O–H groups in total. The topological polar surface area (TPSA) is 16.4 Å². The molecule has 1 atom stereocenters. The average Bonchev–Trinajstić information content (AvgIpc) is 2.89. The average molecular weight is 225 g/mol. The van der Waals surface area contributed by atoms with Gasteiger partial charge < -0.3 is 9.32 Å². The van der Waals surface area contributed by atoms with Gasteiger partial charge in [-0.15, -0.1) is 0 Å².